The molecule has 0 aliphatic rings. The number of nitrogens with two attached hydrogens (primary N) is 1. The van der Waals surface area contributed by atoms with Gasteiger partial charge in [-0.2, -0.15) is 5.10 Å². The van der Waals surface area contributed by atoms with Crippen LogP contribution in [0.25, 0.3) is 22.4 Å². The van der Waals surface area contributed by atoms with E-state index in [1.165, 1.54) is 16.4 Å². The van der Waals surface area contributed by atoms with E-state index in [2.05, 4.69) is 15.3 Å². The molecule has 8 nitrogen and oxygen atoms in total. The van der Waals surface area contributed by atoms with Gasteiger partial charge in [-0.25, -0.2) is 4.68 Å². The molecule has 0 atom stereocenters. The average Bonchev–Trinajstić information content (AvgIpc) is 3.19. The summed E-state index contributed by atoms with van der Waals surface area (Å²) in [6.07, 6.45) is 0.214. The average molecular weight is 407 g/mol. The number of carbonyl (C=O) groups is 1. The Bertz CT molecular complexity index is 1220. The third kappa shape index (κ3) is 4.19. The molecule has 0 aliphatic carbocycles. The normalized spacial score (nSPS) is 11.0. The van der Waals surface area contributed by atoms with Crippen molar-refractivity contribution in [1.29, 1.82) is 0 Å². The molecule has 2 aromatic heterocycles. The fourth-order valence-corrected chi connectivity index (χ4v) is 3.57. The maximum absolute atomic E-state index is 12.9. The lowest BCUT2D eigenvalue weighted by Gasteiger charge is -2.09. The van der Waals surface area contributed by atoms with Crippen LogP contribution in [-0.2, 0) is 11.3 Å². The van der Waals surface area contributed by atoms with Crippen LogP contribution in [0, 0.1) is 0 Å². The molecule has 2 heterocycles. The fraction of sp³-hybridized carbons (Fsp3) is 0.150. The molecule has 4 rings (SSSR count). The highest BCUT2D eigenvalue weighted by atomic mass is 32.2. The van der Waals surface area contributed by atoms with Crippen LogP contribution in [-0.4, -0.2) is 31.6 Å². The summed E-state index contributed by atoms with van der Waals surface area (Å²) in [5.74, 6) is 0.265. The molecular weight excluding hydrogens is 390 g/mol. The number of hydrogen-bond acceptors (Lipinski definition) is 7. The zero-order valence-electron chi connectivity index (χ0n) is 15.3. The summed E-state index contributed by atoms with van der Waals surface area (Å²) in [6.45, 7) is 0.325. The Morgan fingerprint density at radius 3 is 2.52 bits per heavy atom. The highest BCUT2D eigenvalue weighted by Gasteiger charge is 2.18. The summed E-state index contributed by atoms with van der Waals surface area (Å²) in [5.41, 5.74) is 6.35. The van der Waals surface area contributed by atoms with Gasteiger partial charge in [0.25, 0.3) is 16.7 Å². The standard InChI is InChI=1S/C20H17N5O3S/c21-16(26)10-11-29-20-23-22-18(28-20)17-14-8-4-5-9-15(14)19(27)25(24-17)12-13-6-2-1-3-7-13/h1-9H,10-12H2,(H2,21,26). The van der Waals surface area contributed by atoms with Crippen molar-refractivity contribution >= 4 is 28.4 Å². The number of nitrogens with zero attached hydrogens (tertiary/aromatic N) is 4. The van der Waals surface area contributed by atoms with E-state index < -0.39 is 5.91 Å². The van der Waals surface area contributed by atoms with Crippen molar-refractivity contribution in [2.75, 3.05) is 5.75 Å². The predicted octanol–water partition coefficient (Wildman–Crippen LogP) is 2.46. The van der Waals surface area contributed by atoms with Gasteiger partial charge in [0.2, 0.25) is 5.91 Å². The third-order valence-corrected chi connectivity index (χ3v) is 5.05. The second-order valence-corrected chi connectivity index (χ2v) is 7.33. The van der Waals surface area contributed by atoms with Crippen molar-refractivity contribution in [2.24, 2.45) is 5.73 Å². The molecular formula is C20H17N5O3S. The number of thioether (sulfide) groups is 1. The lowest BCUT2D eigenvalue weighted by Crippen LogP contribution is -2.24. The van der Waals surface area contributed by atoms with Crippen molar-refractivity contribution < 1.29 is 9.21 Å². The van der Waals surface area contributed by atoms with E-state index in [1.807, 2.05) is 36.4 Å². The Labute approximate surface area is 169 Å². The van der Waals surface area contributed by atoms with E-state index in [0.717, 1.165) is 5.56 Å². The molecule has 0 spiro atoms. The van der Waals surface area contributed by atoms with E-state index in [-0.39, 0.29) is 17.9 Å². The zero-order valence-corrected chi connectivity index (χ0v) is 16.1. The van der Waals surface area contributed by atoms with Crippen LogP contribution in [0.15, 0.2) is 69.0 Å². The Hall–Kier alpha value is -3.46. The van der Waals surface area contributed by atoms with Crippen LogP contribution in [0.1, 0.15) is 12.0 Å². The number of aromatic nitrogens is 4. The summed E-state index contributed by atoms with van der Waals surface area (Å²) in [5, 5.41) is 14.1. The van der Waals surface area contributed by atoms with Gasteiger partial charge in [0.05, 0.1) is 11.9 Å². The second kappa shape index (κ2) is 8.27. The predicted molar refractivity (Wildman–Crippen MR) is 109 cm³/mol. The van der Waals surface area contributed by atoms with Gasteiger partial charge in [0.1, 0.15) is 0 Å². The van der Waals surface area contributed by atoms with Gasteiger partial charge in [-0.1, -0.05) is 60.3 Å². The van der Waals surface area contributed by atoms with Crippen molar-refractivity contribution in [3.05, 3.63) is 70.5 Å². The molecule has 0 saturated carbocycles. The SMILES string of the molecule is NC(=O)CCSc1nnc(-c2nn(Cc3ccccc3)c(=O)c3ccccc23)o1. The second-order valence-electron chi connectivity index (χ2n) is 6.28. The molecule has 29 heavy (non-hydrogen) atoms. The largest absolute Gasteiger partial charge is 0.410 e. The first kappa shape index (κ1) is 18.9. The lowest BCUT2D eigenvalue weighted by molar-refractivity contribution is -0.117. The van der Waals surface area contributed by atoms with E-state index in [1.54, 1.807) is 18.2 Å². The van der Waals surface area contributed by atoms with Gasteiger partial charge in [0.15, 0.2) is 5.69 Å². The third-order valence-electron chi connectivity index (χ3n) is 4.23. The van der Waals surface area contributed by atoms with Crippen molar-refractivity contribution in [3.63, 3.8) is 0 Å². The summed E-state index contributed by atoms with van der Waals surface area (Å²) in [4.78, 5) is 23.8. The summed E-state index contributed by atoms with van der Waals surface area (Å²) in [6, 6.07) is 16.8. The summed E-state index contributed by atoms with van der Waals surface area (Å²) < 4.78 is 7.12. The van der Waals surface area contributed by atoms with Gasteiger partial charge in [-0.3, -0.25) is 9.59 Å². The smallest absolute Gasteiger partial charge is 0.276 e. The summed E-state index contributed by atoms with van der Waals surface area (Å²) >= 11 is 1.24. The molecule has 2 aromatic carbocycles. The molecule has 146 valence electrons. The monoisotopic (exact) mass is 407 g/mol. The molecule has 0 radical (unpaired) electrons. The lowest BCUT2D eigenvalue weighted by atomic mass is 10.1. The quantitative estimate of drug-likeness (QED) is 0.468. The minimum absolute atomic E-state index is 0.191. The molecule has 0 unspecified atom stereocenters. The number of carbonyl (C=O) groups excluding carboxylic acids is 1. The molecule has 2 N–H and O–H groups in total. The van der Waals surface area contributed by atoms with Crippen LogP contribution in [0.2, 0.25) is 0 Å². The number of hydrogen-bond donors (Lipinski definition) is 1. The van der Waals surface area contributed by atoms with E-state index >= 15 is 0 Å². The first-order chi connectivity index (χ1) is 14.1. The zero-order chi connectivity index (χ0) is 20.2. The molecule has 0 bridgehead atoms. The van der Waals surface area contributed by atoms with Gasteiger partial charge < -0.3 is 10.2 Å². The van der Waals surface area contributed by atoms with E-state index in [0.29, 0.717) is 34.0 Å². The van der Waals surface area contributed by atoms with Crippen molar-refractivity contribution in [2.45, 2.75) is 18.2 Å². The van der Waals surface area contributed by atoms with Gasteiger partial charge >= 0.3 is 0 Å². The van der Waals surface area contributed by atoms with Gasteiger partial charge in [-0.15, -0.1) is 10.2 Å². The maximum atomic E-state index is 12.9. The van der Waals surface area contributed by atoms with Crippen molar-refractivity contribution in [1.82, 2.24) is 20.0 Å². The Morgan fingerprint density at radius 2 is 1.76 bits per heavy atom. The molecule has 9 heteroatoms. The highest BCUT2D eigenvalue weighted by molar-refractivity contribution is 7.99. The van der Waals surface area contributed by atoms with Gasteiger partial charge in [-0.05, 0) is 11.6 Å². The van der Waals surface area contributed by atoms with Crippen LogP contribution in [0.4, 0.5) is 0 Å². The number of benzene rings is 2. The molecule has 0 saturated heterocycles. The topological polar surface area (TPSA) is 117 Å². The van der Waals surface area contributed by atoms with Crippen LogP contribution in [0.5, 0.6) is 0 Å². The van der Waals surface area contributed by atoms with E-state index in [9.17, 15) is 9.59 Å². The molecule has 0 aliphatic heterocycles. The number of rotatable bonds is 7. The fourth-order valence-electron chi connectivity index (χ4n) is 2.86. The minimum Gasteiger partial charge on any atom is -0.410 e. The summed E-state index contributed by atoms with van der Waals surface area (Å²) in [7, 11) is 0. The molecule has 1 amide bonds. The Morgan fingerprint density at radius 1 is 1.03 bits per heavy atom. The van der Waals surface area contributed by atoms with Gasteiger partial charge in [0, 0.05) is 17.6 Å². The molecule has 0 fully saturated rings. The highest BCUT2D eigenvalue weighted by Crippen LogP contribution is 2.26. The van der Waals surface area contributed by atoms with E-state index in [4.69, 9.17) is 10.2 Å². The number of primary amides is 1. The maximum Gasteiger partial charge on any atom is 0.276 e. The first-order valence-corrected chi connectivity index (χ1v) is 9.89. The number of amides is 1. The Balaban J connectivity index is 1.74. The number of fused-ring (bicyclic) bond motifs is 1. The molecule has 4 aromatic rings. The van der Waals surface area contributed by atoms with Crippen LogP contribution >= 0.6 is 11.8 Å². The minimum atomic E-state index is -0.391. The van der Waals surface area contributed by atoms with Crippen molar-refractivity contribution in [3.8, 4) is 11.6 Å². The Kier molecular flexibility index (Phi) is 5.39. The first-order valence-electron chi connectivity index (χ1n) is 8.90. The van der Waals surface area contributed by atoms with Crippen LogP contribution in [0.3, 0.4) is 0 Å². The van der Waals surface area contributed by atoms with Crippen LogP contribution < -0.4 is 11.3 Å².